The first-order chi connectivity index (χ1) is 8.41. The molecular weight excluding hydrogens is 232 g/mol. The molecule has 0 spiro atoms. The Kier molecular flexibility index (Phi) is 2.87. The van der Waals surface area contributed by atoms with E-state index >= 15 is 0 Å². The molecule has 1 fully saturated rings. The van der Waals surface area contributed by atoms with Gasteiger partial charge in [0.1, 0.15) is 17.1 Å². The van der Waals surface area contributed by atoms with Crippen molar-refractivity contribution >= 4 is 11.7 Å². The Hall–Kier alpha value is -2.23. The molecule has 4 nitrogen and oxygen atoms in total. The topological polar surface area (TPSA) is 55.8 Å². The highest BCUT2D eigenvalue weighted by Crippen LogP contribution is 2.32. The smallest absolute Gasteiger partial charge is 0.349 e. The molecule has 94 valence electrons. The van der Waals surface area contributed by atoms with Crippen LogP contribution in [0.1, 0.15) is 19.4 Å². The van der Waals surface area contributed by atoms with E-state index in [-0.39, 0.29) is 17.1 Å². The highest BCUT2D eigenvalue weighted by atomic mass is 16.7. The van der Waals surface area contributed by atoms with Gasteiger partial charge in [-0.2, -0.15) is 0 Å². The van der Waals surface area contributed by atoms with E-state index in [1.165, 1.54) is 0 Å². The summed E-state index contributed by atoms with van der Waals surface area (Å²) in [6.45, 7) is 6.85. The zero-order valence-electron chi connectivity index (χ0n) is 10.3. The van der Waals surface area contributed by atoms with Gasteiger partial charge in [0.15, 0.2) is 0 Å². The Morgan fingerprint density at radius 1 is 1.22 bits per heavy atom. The minimum absolute atomic E-state index is 0.0412. The average molecular weight is 246 g/mol. The predicted octanol–water partition coefficient (Wildman–Crippen LogP) is 2.78. The number of benzene rings is 1. The van der Waals surface area contributed by atoms with Crippen molar-refractivity contribution in [2.24, 2.45) is 0 Å². The summed E-state index contributed by atoms with van der Waals surface area (Å²) in [5.74, 6) is -1.79. The molecule has 1 heterocycles. The molecule has 18 heavy (non-hydrogen) atoms. The summed E-state index contributed by atoms with van der Waals surface area (Å²) in [6.07, 6.45) is 0. The molecule has 0 radical (unpaired) electrons. The number of rotatable bonds is 1. The maximum absolute atomic E-state index is 11.9. The summed E-state index contributed by atoms with van der Waals surface area (Å²) in [4.78, 5) is 11.9. The quantitative estimate of drug-likeness (QED) is 0.470. The van der Waals surface area contributed by atoms with Crippen molar-refractivity contribution in [3.8, 4) is 0 Å². The number of ether oxygens (including phenoxy) is 2. The molecule has 4 heteroatoms. The third kappa shape index (κ3) is 2.22. The number of aliphatic hydroxyl groups is 1. The maximum atomic E-state index is 11.9. The van der Waals surface area contributed by atoms with Crippen LogP contribution in [0.2, 0.25) is 0 Å². The molecule has 0 bridgehead atoms. The third-order valence-electron chi connectivity index (χ3n) is 2.47. The minimum Gasteiger partial charge on any atom is -0.506 e. The summed E-state index contributed by atoms with van der Waals surface area (Å²) < 4.78 is 10.4. The first kappa shape index (κ1) is 12.2. The second-order valence-corrected chi connectivity index (χ2v) is 4.40. The lowest BCUT2D eigenvalue weighted by atomic mass is 10.1. The summed E-state index contributed by atoms with van der Waals surface area (Å²) in [5, 5.41) is 10.1. The molecule has 1 N–H and O–H groups in total. The fourth-order valence-electron chi connectivity index (χ4n) is 1.73. The second-order valence-electron chi connectivity index (χ2n) is 4.40. The van der Waals surface area contributed by atoms with E-state index in [0.29, 0.717) is 5.56 Å². The number of aliphatic hydroxyl groups excluding tert-OH is 1. The summed E-state index contributed by atoms with van der Waals surface area (Å²) in [5.41, 5.74) is 0.467. The Labute approximate surface area is 105 Å². The van der Waals surface area contributed by atoms with E-state index in [4.69, 9.17) is 9.47 Å². The van der Waals surface area contributed by atoms with Crippen LogP contribution in [0.15, 0.2) is 48.2 Å². The average Bonchev–Trinajstić information content (AvgIpc) is 2.27. The third-order valence-corrected chi connectivity index (χ3v) is 2.47. The monoisotopic (exact) mass is 246 g/mol. The van der Waals surface area contributed by atoms with Crippen LogP contribution in [0.3, 0.4) is 0 Å². The molecule has 1 saturated heterocycles. The lowest BCUT2D eigenvalue weighted by molar-refractivity contribution is -0.208. The van der Waals surface area contributed by atoms with Crippen molar-refractivity contribution in [1.29, 1.82) is 0 Å². The van der Waals surface area contributed by atoms with Gasteiger partial charge in [0.25, 0.3) is 0 Å². The van der Waals surface area contributed by atoms with E-state index in [9.17, 15) is 9.90 Å². The molecular formula is C14H14O4. The number of hydrogen-bond acceptors (Lipinski definition) is 4. The molecule has 0 aromatic heterocycles. The predicted molar refractivity (Wildman–Crippen MR) is 66.4 cm³/mol. The molecule has 1 aromatic carbocycles. The highest BCUT2D eigenvalue weighted by Gasteiger charge is 2.37. The number of hydrogen-bond donors (Lipinski definition) is 1. The maximum Gasteiger partial charge on any atom is 0.349 e. The van der Waals surface area contributed by atoms with Crippen molar-refractivity contribution in [3.05, 3.63) is 53.8 Å². The number of esters is 1. The van der Waals surface area contributed by atoms with Crippen LogP contribution < -0.4 is 0 Å². The van der Waals surface area contributed by atoms with Gasteiger partial charge in [-0.05, 0) is 0 Å². The van der Waals surface area contributed by atoms with Crippen LogP contribution in [0.5, 0.6) is 0 Å². The highest BCUT2D eigenvalue weighted by molar-refractivity contribution is 6.00. The summed E-state index contributed by atoms with van der Waals surface area (Å²) >= 11 is 0. The van der Waals surface area contributed by atoms with Crippen molar-refractivity contribution in [2.75, 3.05) is 0 Å². The Morgan fingerprint density at radius 2 is 1.83 bits per heavy atom. The van der Waals surface area contributed by atoms with Crippen LogP contribution in [-0.4, -0.2) is 16.9 Å². The fraction of sp³-hybridized carbons (Fsp3) is 0.214. The molecule has 1 aliphatic heterocycles. The van der Waals surface area contributed by atoms with Gasteiger partial charge in [0.2, 0.25) is 5.79 Å². The zero-order chi connectivity index (χ0) is 13.3. The SMILES string of the molecule is C=C1OC(C)(C)OC(=O)/C1=C(\O)c1ccccc1. The van der Waals surface area contributed by atoms with Crippen molar-refractivity contribution < 1.29 is 19.4 Å². The second kappa shape index (κ2) is 4.22. The summed E-state index contributed by atoms with van der Waals surface area (Å²) in [7, 11) is 0. The normalized spacial score (nSPS) is 21.0. The van der Waals surface area contributed by atoms with Crippen LogP contribution in [0.4, 0.5) is 0 Å². The number of cyclic esters (lactones) is 1. The molecule has 0 amide bonds. The van der Waals surface area contributed by atoms with Crippen LogP contribution in [-0.2, 0) is 14.3 Å². The van der Waals surface area contributed by atoms with Crippen LogP contribution in [0.25, 0.3) is 5.76 Å². The Morgan fingerprint density at radius 3 is 2.39 bits per heavy atom. The standard InChI is InChI=1S/C14H14O4/c1-9-11(13(16)18-14(2,3)17-9)12(15)10-7-5-4-6-8-10/h4-8,15H,1H2,2-3H3/b12-11-. The first-order valence-electron chi connectivity index (χ1n) is 5.51. The van der Waals surface area contributed by atoms with Gasteiger partial charge in [0.05, 0.1) is 0 Å². The summed E-state index contributed by atoms with van der Waals surface area (Å²) in [6, 6.07) is 8.70. The molecule has 1 aromatic rings. The molecule has 2 rings (SSSR count). The van der Waals surface area contributed by atoms with Crippen LogP contribution >= 0.6 is 0 Å². The zero-order valence-corrected chi connectivity index (χ0v) is 10.3. The molecule has 0 aliphatic carbocycles. The van der Waals surface area contributed by atoms with Gasteiger partial charge in [-0.15, -0.1) is 0 Å². The fourth-order valence-corrected chi connectivity index (χ4v) is 1.73. The molecule has 1 aliphatic rings. The van der Waals surface area contributed by atoms with E-state index < -0.39 is 11.8 Å². The molecule has 0 unspecified atom stereocenters. The number of carbonyl (C=O) groups is 1. The van der Waals surface area contributed by atoms with Crippen molar-refractivity contribution in [3.63, 3.8) is 0 Å². The van der Waals surface area contributed by atoms with Gasteiger partial charge >= 0.3 is 5.97 Å². The molecule has 0 atom stereocenters. The van der Waals surface area contributed by atoms with Crippen molar-refractivity contribution in [1.82, 2.24) is 0 Å². The lowest BCUT2D eigenvalue weighted by Gasteiger charge is -2.32. The van der Waals surface area contributed by atoms with Gasteiger partial charge in [0, 0.05) is 19.4 Å². The Bertz CT molecular complexity index is 504. The number of carbonyl (C=O) groups excluding carboxylic acids is 1. The van der Waals surface area contributed by atoms with Crippen LogP contribution in [0, 0.1) is 0 Å². The lowest BCUT2D eigenvalue weighted by Crippen LogP contribution is -2.37. The molecule has 0 saturated carbocycles. The minimum atomic E-state index is -1.06. The van der Waals surface area contributed by atoms with E-state index in [0.717, 1.165) is 0 Å². The largest absolute Gasteiger partial charge is 0.506 e. The first-order valence-corrected chi connectivity index (χ1v) is 5.51. The Balaban J connectivity index is 2.44. The van der Waals surface area contributed by atoms with Gasteiger partial charge < -0.3 is 14.6 Å². The van der Waals surface area contributed by atoms with Crippen molar-refractivity contribution in [2.45, 2.75) is 19.6 Å². The van der Waals surface area contributed by atoms with Gasteiger partial charge in [-0.1, -0.05) is 36.9 Å². The van der Waals surface area contributed by atoms with E-state index in [1.54, 1.807) is 38.1 Å². The van der Waals surface area contributed by atoms with Gasteiger partial charge in [-0.25, -0.2) is 4.79 Å². The van der Waals surface area contributed by atoms with E-state index in [2.05, 4.69) is 6.58 Å². The van der Waals surface area contributed by atoms with E-state index in [1.807, 2.05) is 6.07 Å². The van der Waals surface area contributed by atoms with Gasteiger partial charge in [-0.3, -0.25) is 0 Å².